The Hall–Kier alpha value is -0.130. The number of rotatable bonds is 6. The van der Waals surface area contributed by atoms with Crippen LogP contribution in [0.2, 0.25) is 4.34 Å². The number of nitrogens with two attached hydrogens (primary N) is 1. The zero-order chi connectivity index (χ0) is 14.7. The van der Waals surface area contributed by atoms with Crippen molar-refractivity contribution in [1.82, 2.24) is 9.80 Å². The lowest BCUT2D eigenvalue weighted by atomic mass is 10.0. The SMILES string of the molecule is CCC(N)C(c1ccc(Cl)s1)N(C)CC1CCCN1C. The molecule has 0 saturated carbocycles. The van der Waals surface area contributed by atoms with Gasteiger partial charge in [0.15, 0.2) is 0 Å². The zero-order valence-electron chi connectivity index (χ0n) is 12.7. The van der Waals surface area contributed by atoms with Crippen LogP contribution in [0.25, 0.3) is 0 Å². The molecule has 1 fully saturated rings. The maximum absolute atomic E-state index is 6.38. The lowest BCUT2D eigenvalue weighted by molar-refractivity contribution is 0.159. The van der Waals surface area contributed by atoms with Crippen molar-refractivity contribution >= 4 is 22.9 Å². The van der Waals surface area contributed by atoms with Crippen LogP contribution in [0.3, 0.4) is 0 Å². The van der Waals surface area contributed by atoms with Gasteiger partial charge in [0.25, 0.3) is 0 Å². The summed E-state index contributed by atoms with van der Waals surface area (Å²) in [4.78, 5) is 6.17. The molecular weight excluding hydrogens is 290 g/mol. The monoisotopic (exact) mass is 315 g/mol. The molecular formula is C15H26ClN3S. The van der Waals surface area contributed by atoms with Crippen LogP contribution in [-0.4, -0.2) is 49.1 Å². The quantitative estimate of drug-likeness (QED) is 0.875. The summed E-state index contributed by atoms with van der Waals surface area (Å²) in [6.07, 6.45) is 3.58. The number of nitrogens with zero attached hydrogens (tertiary/aromatic N) is 2. The van der Waals surface area contributed by atoms with Crippen molar-refractivity contribution in [2.75, 3.05) is 27.2 Å². The van der Waals surface area contributed by atoms with E-state index in [0.717, 1.165) is 17.3 Å². The van der Waals surface area contributed by atoms with Crippen LogP contribution >= 0.6 is 22.9 Å². The minimum atomic E-state index is 0.154. The maximum atomic E-state index is 6.38. The Morgan fingerprint density at radius 2 is 2.30 bits per heavy atom. The van der Waals surface area contributed by atoms with Crippen molar-refractivity contribution in [3.05, 3.63) is 21.3 Å². The molecule has 0 radical (unpaired) electrons. The largest absolute Gasteiger partial charge is 0.326 e. The standard InChI is InChI=1S/C15H26ClN3S/c1-4-12(17)15(13-7-8-14(16)20-13)19(3)10-11-6-5-9-18(11)2/h7-8,11-12,15H,4-6,9-10,17H2,1-3H3. The van der Waals surface area contributed by atoms with Gasteiger partial charge >= 0.3 is 0 Å². The summed E-state index contributed by atoms with van der Waals surface area (Å²) >= 11 is 7.76. The molecule has 0 spiro atoms. The first kappa shape index (κ1) is 16.2. The highest BCUT2D eigenvalue weighted by atomic mass is 35.5. The van der Waals surface area contributed by atoms with Crippen LogP contribution in [0, 0.1) is 0 Å². The third kappa shape index (κ3) is 3.74. The molecule has 3 unspecified atom stereocenters. The molecule has 2 heterocycles. The summed E-state index contributed by atoms with van der Waals surface area (Å²) in [6.45, 7) is 4.45. The van der Waals surface area contributed by atoms with E-state index in [1.807, 2.05) is 6.07 Å². The minimum Gasteiger partial charge on any atom is -0.326 e. The molecule has 1 saturated heterocycles. The first-order valence-electron chi connectivity index (χ1n) is 7.44. The molecule has 0 amide bonds. The van der Waals surface area contributed by atoms with Gasteiger partial charge < -0.3 is 10.6 Å². The third-order valence-electron chi connectivity index (χ3n) is 4.41. The number of hydrogen-bond donors (Lipinski definition) is 1. The fourth-order valence-corrected chi connectivity index (χ4v) is 4.42. The van der Waals surface area contributed by atoms with Gasteiger partial charge in [-0.2, -0.15) is 0 Å². The van der Waals surface area contributed by atoms with E-state index in [1.165, 1.54) is 24.3 Å². The Labute approximate surface area is 131 Å². The molecule has 1 aromatic rings. The average Bonchev–Trinajstić information content (AvgIpc) is 2.99. The van der Waals surface area contributed by atoms with Gasteiger partial charge in [0.2, 0.25) is 0 Å². The Balaban J connectivity index is 2.09. The second-order valence-electron chi connectivity index (χ2n) is 5.88. The summed E-state index contributed by atoms with van der Waals surface area (Å²) in [7, 11) is 4.42. The van der Waals surface area contributed by atoms with Crippen LogP contribution in [0.15, 0.2) is 12.1 Å². The van der Waals surface area contributed by atoms with Crippen LogP contribution in [-0.2, 0) is 0 Å². The molecule has 1 aliphatic rings. The van der Waals surface area contributed by atoms with Crippen LogP contribution in [0.4, 0.5) is 0 Å². The second-order valence-corrected chi connectivity index (χ2v) is 7.62. The van der Waals surface area contributed by atoms with Gasteiger partial charge in [-0.05, 0) is 52.0 Å². The molecule has 20 heavy (non-hydrogen) atoms. The van der Waals surface area contributed by atoms with E-state index in [2.05, 4.69) is 36.9 Å². The number of halogens is 1. The molecule has 5 heteroatoms. The van der Waals surface area contributed by atoms with Crippen molar-refractivity contribution in [2.24, 2.45) is 5.73 Å². The van der Waals surface area contributed by atoms with Gasteiger partial charge in [-0.15, -0.1) is 11.3 Å². The van der Waals surface area contributed by atoms with E-state index in [1.54, 1.807) is 11.3 Å². The summed E-state index contributed by atoms with van der Waals surface area (Å²) in [5.74, 6) is 0. The summed E-state index contributed by atoms with van der Waals surface area (Å²) in [5.41, 5.74) is 6.38. The molecule has 1 aliphatic heterocycles. The lowest BCUT2D eigenvalue weighted by Gasteiger charge is -2.34. The summed E-state index contributed by atoms with van der Waals surface area (Å²) in [6, 6.07) is 5.18. The summed E-state index contributed by atoms with van der Waals surface area (Å²) in [5, 5.41) is 0. The van der Waals surface area contributed by atoms with E-state index < -0.39 is 0 Å². The number of likely N-dealkylation sites (tertiary alicyclic amines) is 1. The zero-order valence-corrected chi connectivity index (χ0v) is 14.3. The van der Waals surface area contributed by atoms with Gasteiger partial charge in [-0.3, -0.25) is 4.90 Å². The van der Waals surface area contributed by atoms with Crippen molar-refractivity contribution in [1.29, 1.82) is 0 Å². The molecule has 0 bridgehead atoms. The van der Waals surface area contributed by atoms with E-state index in [0.29, 0.717) is 6.04 Å². The minimum absolute atomic E-state index is 0.154. The number of likely N-dealkylation sites (N-methyl/N-ethyl adjacent to an activating group) is 2. The predicted molar refractivity (Wildman–Crippen MR) is 88.6 cm³/mol. The second kappa shape index (κ2) is 7.23. The molecule has 2 N–H and O–H groups in total. The average molecular weight is 316 g/mol. The summed E-state index contributed by atoms with van der Waals surface area (Å²) < 4.78 is 0.847. The predicted octanol–water partition coefficient (Wildman–Crippen LogP) is 3.21. The van der Waals surface area contributed by atoms with Crippen LogP contribution < -0.4 is 5.73 Å². The van der Waals surface area contributed by atoms with E-state index in [4.69, 9.17) is 17.3 Å². The van der Waals surface area contributed by atoms with Crippen molar-refractivity contribution in [3.63, 3.8) is 0 Å². The molecule has 114 valence electrons. The third-order valence-corrected chi connectivity index (χ3v) is 5.71. The smallest absolute Gasteiger partial charge is 0.0931 e. The van der Waals surface area contributed by atoms with Gasteiger partial charge in [-0.25, -0.2) is 0 Å². The topological polar surface area (TPSA) is 32.5 Å². The molecule has 1 aromatic heterocycles. The van der Waals surface area contributed by atoms with Crippen molar-refractivity contribution in [3.8, 4) is 0 Å². The fourth-order valence-electron chi connectivity index (χ4n) is 3.12. The van der Waals surface area contributed by atoms with E-state index in [-0.39, 0.29) is 12.1 Å². The Morgan fingerprint density at radius 1 is 1.55 bits per heavy atom. The molecule has 2 rings (SSSR count). The maximum Gasteiger partial charge on any atom is 0.0931 e. The first-order valence-corrected chi connectivity index (χ1v) is 8.63. The normalized spacial score (nSPS) is 23.4. The lowest BCUT2D eigenvalue weighted by Crippen LogP contribution is -2.44. The van der Waals surface area contributed by atoms with E-state index >= 15 is 0 Å². The Kier molecular flexibility index (Phi) is 5.87. The van der Waals surface area contributed by atoms with Crippen molar-refractivity contribution in [2.45, 2.75) is 44.3 Å². The van der Waals surface area contributed by atoms with Crippen LogP contribution in [0.5, 0.6) is 0 Å². The van der Waals surface area contributed by atoms with Crippen LogP contribution in [0.1, 0.15) is 37.1 Å². The van der Waals surface area contributed by atoms with E-state index in [9.17, 15) is 0 Å². The molecule has 0 aromatic carbocycles. The van der Waals surface area contributed by atoms with Gasteiger partial charge in [0, 0.05) is 23.5 Å². The van der Waals surface area contributed by atoms with Gasteiger partial charge in [-0.1, -0.05) is 18.5 Å². The highest BCUT2D eigenvalue weighted by Crippen LogP contribution is 2.33. The number of hydrogen-bond acceptors (Lipinski definition) is 4. The molecule has 0 aliphatic carbocycles. The van der Waals surface area contributed by atoms with Gasteiger partial charge in [0.1, 0.15) is 0 Å². The first-order chi connectivity index (χ1) is 9.52. The van der Waals surface area contributed by atoms with Gasteiger partial charge in [0.05, 0.1) is 10.4 Å². The Morgan fingerprint density at radius 3 is 2.80 bits per heavy atom. The molecule has 3 atom stereocenters. The Bertz CT molecular complexity index is 423. The fraction of sp³-hybridized carbons (Fsp3) is 0.733. The number of thiophene rings is 1. The highest BCUT2D eigenvalue weighted by Gasteiger charge is 2.29. The van der Waals surface area contributed by atoms with Crippen molar-refractivity contribution < 1.29 is 0 Å². The molecule has 3 nitrogen and oxygen atoms in total. The highest BCUT2D eigenvalue weighted by molar-refractivity contribution is 7.16.